The zero-order valence-corrected chi connectivity index (χ0v) is 18.1. The Balaban J connectivity index is 1.36. The monoisotopic (exact) mass is 425 g/mol. The third kappa shape index (κ3) is 4.41. The number of likely N-dealkylation sites (tertiary alicyclic amines) is 1. The normalized spacial score (nSPS) is 15.8. The molecule has 0 unspecified atom stereocenters. The fourth-order valence-corrected chi connectivity index (χ4v) is 5.03. The summed E-state index contributed by atoms with van der Waals surface area (Å²) in [7, 11) is 0. The number of benzene rings is 1. The van der Waals surface area contributed by atoms with Crippen molar-refractivity contribution in [3.63, 3.8) is 0 Å². The van der Waals surface area contributed by atoms with Crippen molar-refractivity contribution >= 4 is 34.7 Å². The second kappa shape index (κ2) is 9.00. The molecule has 3 heterocycles. The Labute approximate surface area is 180 Å². The smallest absolute Gasteiger partial charge is 0.255 e. The Kier molecular flexibility index (Phi) is 6.18. The van der Waals surface area contributed by atoms with Gasteiger partial charge in [0.15, 0.2) is 0 Å². The van der Waals surface area contributed by atoms with E-state index in [1.165, 1.54) is 10.4 Å². The molecule has 3 amide bonds. The maximum atomic E-state index is 12.9. The fraction of sp³-hybridized carbons (Fsp3) is 0.435. The summed E-state index contributed by atoms with van der Waals surface area (Å²) in [6.45, 7) is 4.74. The van der Waals surface area contributed by atoms with Gasteiger partial charge in [0, 0.05) is 43.9 Å². The van der Waals surface area contributed by atoms with E-state index in [-0.39, 0.29) is 30.6 Å². The molecule has 6 nitrogen and oxygen atoms in total. The minimum absolute atomic E-state index is 0.000139. The number of nitrogens with zero attached hydrogens (tertiary/aromatic N) is 2. The number of aryl methyl sites for hydroxylation is 1. The first kappa shape index (κ1) is 20.6. The van der Waals surface area contributed by atoms with E-state index in [0.29, 0.717) is 24.3 Å². The quantitative estimate of drug-likeness (QED) is 0.796. The number of thiophene rings is 1. The second-order valence-electron chi connectivity index (χ2n) is 7.98. The molecule has 0 saturated carbocycles. The summed E-state index contributed by atoms with van der Waals surface area (Å²) in [5.41, 5.74) is 3.15. The average Bonchev–Trinajstić information content (AvgIpc) is 3.44. The lowest BCUT2D eigenvalue weighted by molar-refractivity contribution is -0.133. The average molecular weight is 426 g/mol. The van der Waals surface area contributed by atoms with E-state index in [1.807, 2.05) is 28.9 Å². The molecule has 30 heavy (non-hydrogen) atoms. The van der Waals surface area contributed by atoms with Gasteiger partial charge in [-0.2, -0.15) is 0 Å². The van der Waals surface area contributed by atoms with E-state index < -0.39 is 0 Å². The van der Waals surface area contributed by atoms with Gasteiger partial charge in [-0.3, -0.25) is 14.4 Å². The van der Waals surface area contributed by atoms with E-state index in [1.54, 1.807) is 17.4 Å². The van der Waals surface area contributed by atoms with Crippen LogP contribution >= 0.6 is 11.3 Å². The lowest BCUT2D eigenvalue weighted by Crippen LogP contribution is -2.35. The number of hydrogen-bond acceptors (Lipinski definition) is 4. The summed E-state index contributed by atoms with van der Waals surface area (Å²) in [4.78, 5) is 43.1. The predicted molar refractivity (Wildman–Crippen MR) is 118 cm³/mol. The molecule has 0 aliphatic carbocycles. The van der Waals surface area contributed by atoms with E-state index in [2.05, 4.69) is 16.8 Å². The Morgan fingerprint density at radius 1 is 1.03 bits per heavy atom. The van der Waals surface area contributed by atoms with E-state index in [9.17, 15) is 14.4 Å². The summed E-state index contributed by atoms with van der Waals surface area (Å²) in [6.07, 6.45) is 3.20. The standard InChI is InChI=1S/C23H27N3O3S/c1-16-5-4-6-18(23(29)25-11-2-3-12-25)22(16)24-20(27)7-8-21(28)26-13-9-19-17(15-26)10-14-30-19/h4-6,10,14H,2-3,7-9,11-13,15H2,1H3,(H,24,27). The van der Waals surface area contributed by atoms with Crippen molar-refractivity contribution in [2.24, 2.45) is 0 Å². The molecule has 2 aliphatic heterocycles. The molecule has 0 radical (unpaired) electrons. The van der Waals surface area contributed by atoms with Crippen LogP contribution in [0.4, 0.5) is 5.69 Å². The summed E-state index contributed by atoms with van der Waals surface area (Å²) in [6, 6.07) is 7.56. The van der Waals surface area contributed by atoms with Crippen LogP contribution in [0.25, 0.3) is 0 Å². The SMILES string of the molecule is Cc1cccc(C(=O)N2CCCC2)c1NC(=O)CCC(=O)N1CCc2sccc2C1. The third-order valence-corrected chi connectivity index (χ3v) is 6.91. The van der Waals surface area contributed by atoms with Crippen molar-refractivity contribution < 1.29 is 14.4 Å². The summed E-state index contributed by atoms with van der Waals surface area (Å²) < 4.78 is 0. The molecule has 1 fully saturated rings. The molecule has 2 aliphatic rings. The van der Waals surface area contributed by atoms with Gasteiger partial charge in [0.2, 0.25) is 11.8 Å². The summed E-state index contributed by atoms with van der Waals surface area (Å²) in [5, 5.41) is 4.96. The van der Waals surface area contributed by atoms with Crippen molar-refractivity contribution in [1.82, 2.24) is 9.80 Å². The molecular formula is C23H27N3O3S. The highest BCUT2D eigenvalue weighted by molar-refractivity contribution is 7.10. The van der Waals surface area contributed by atoms with Gasteiger partial charge >= 0.3 is 0 Å². The van der Waals surface area contributed by atoms with Crippen LogP contribution in [0.5, 0.6) is 0 Å². The molecule has 0 atom stereocenters. The molecular weight excluding hydrogens is 398 g/mol. The number of anilines is 1. The van der Waals surface area contributed by atoms with Crippen LogP contribution in [-0.4, -0.2) is 47.2 Å². The van der Waals surface area contributed by atoms with Gasteiger partial charge in [0.25, 0.3) is 5.91 Å². The highest BCUT2D eigenvalue weighted by atomic mass is 32.1. The fourth-order valence-electron chi connectivity index (χ4n) is 4.14. The van der Waals surface area contributed by atoms with Crippen LogP contribution in [0.2, 0.25) is 0 Å². The van der Waals surface area contributed by atoms with Crippen molar-refractivity contribution in [1.29, 1.82) is 0 Å². The van der Waals surface area contributed by atoms with Crippen molar-refractivity contribution in [3.05, 3.63) is 51.2 Å². The van der Waals surface area contributed by atoms with Gasteiger partial charge in [-0.05, 0) is 54.8 Å². The molecule has 1 aromatic carbocycles. The van der Waals surface area contributed by atoms with E-state index in [0.717, 1.165) is 37.9 Å². The molecule has 158 valence electrons. The maximum Gasteiger partial charge on any atom is 0.255 e. The van der Waals surface area contributed by atoms with Crippen LogP contribution in [0.1, 0.15) is 52.0 Å². The van der Waals surface area contributed by atoms with Crippen LogP contribution in [0.15, 0.2) is 29.6 Å². The second-order valence-corrected chi connectivity index (χ2v) is 8.98. The molecule has 1 saturated heterocycles. The molecule has 4 rings (SSSR count). The van der Waals surface area contributed by atoms with Gasteiger partial charge in [0.1, 0.15) is 0 Å². The number of fused-ring (bicyclic) bond motifs is 1. The van der Waals surface area contributed by atoms with Crippen molar-refractivity contribution in [2.75, 3.05) is 25.0 Å². The predicted octanol–water partition coefficient (Wildman–Crippen LogP) is 3.60. The Morgan fingerprint density at radius 3 is 2.63 bits per heavy atom. The Morgan fingerprint density at radius 2 is 1.83 bits per heavy atom. The van der Waals surface area contributed by atoms with Crippen LogP contribution in [0, 0.1) is 6.92 Å². The molecule has 1 N–H and O–H groups in total. The lowest BCUT2D eigenvalue weighted by atomic mass is 10.1. The zero-order chi connectivity index (χ0) is 21.1. The Bertz CT molecular complexity index is 962. The van der Waals surface area contributed by atoms with E-state index >= 15 is 0 Å². The molecule has 2 aromatic rings. The number of carbonyl (C=O) groups is 3. The molecule has 7 heteroatoms. The first-order chi connectivity index (χ1) is 14.5. The third-order valence-electron chi connectivity index (χ3n) is 5.89. The molecule has 0 spiro atoms. The van der Waals surface area contributed by atoms with Crippen LogP contribution in [0.3, 0.4) is 0 Å². The van der Waals surface area contributed by atoms with Gasteiger partial charge in [0.05, 0.1) is 11.3 Å². The van der Waals surface area contributed by atoms with Crippen molar-refractivity contribution in [2.45, 2.75) is 45.6 Å². The highest BCUT2D eigenvalue weighted by Crippen LogP contribution is 2.26. The number of para-hydroxylation sites is 1. The highest BCUT2D eigenvalue weighted by Gasteiger charge is 2.24. The first-order valence-electron chi connectivity index (χ1n) is 10.5. The number of rotatable bonds is 5. The van der Waals surface area contributed by atoms with Crippen LogP contribution < -0.4 is 5.32 Å². The summed E-state index contributed by atoms with van der Waals surface area (Å²) >= 11 is 1.74. The largest absolute Gasteiger partial charge is 0.339 e. The zero-order valence-electron chi connectivity index (χ0n) is 17.3. The van der Waals surface area contributed by atoms with Crippen molar-refractivity contribution in [3.8, 4) is 0 Å². The van der Waals surface area contributed by atoms with Gasteiger partial charge < -0.3 is 15.1 Å². The topological polar surface area (TPSA) is 69.7 Å². The minimum Gasteiger partial charge on any atom is -0.339 e. The molecule has 1 aromatic heterocycles. The van der Waals surface area contributed by atoms with Gasteiger partial charge in [-0.1, -0.05) is 12.1 Å². The Hall–Kier alpha value is -2.67. The number of nitrogens with one attached hydrogen (secondary N) is 1. The first-order valence-corrected chi connectivity index (χ1v) is 11.4. The number of carbonyl (C=O) groups excluding carboxylic acids is 3. The number of amides is 3. The summed E-state index contributed by atoms with van der Waals surface area (Å²) in [5.74, 6) is -0.274. The minimum atomic E-state index is -0.235. The molecule has 0 bridgehead atoms. The number of hydrogen-bond donors (Lipinski definition) is 1. The maximum absolute atomic E-state index is 12.9. The lowest BCUT2D eigenvalue weighted by Gasteiger charge is -2.27. The van der Waals surface area contributed by atoms with Gasteiger partial charge in [-0.25, -0.2) is 0 Å². The van der Waals surface area contributed by atoms with Gasteiger partial charge in [-0.15, -0.1) is 11.3 Å². The van der Waals surface area contributed by atoms with E-state index in [4.69, 9.17) is 0 Å². The van der Waals surface area contributed by atoms with Crippen LogP contribution in [-0.2, 0) is 22.6 Å².